The van der Waals surface area contributed by atoms with E-state index in [9.17, 15) is 4.79 Å². The van der Waals surface area contributed by atoms with Crippen LogP contribution < -0.4 is 0 Å². The lowest BCUT2D eigenvalue weighted by Crippen LogP contribution is -2.05. The molecule has 2 nitrogen and oxygen atoms in total. The standard InChI is InChI=1S/C11H14O2/c1-3-11(12)13-8-10-6-4-9(2)5-7-10/h3-4,6H,1,5,7-8H2,2H3. The molecule has 0 aromatic carbocycles. The first-order valence-corrected chi connectivity index (χ1v) is 4.37. The van der Waals surface area contributed by atoms with Crippen molar-refractivity contribution < 1.29 is 9.53 Å². The lowest BCUT2D eigenvalue weighted by molar-refractivity contribution is -0.136. The maximum atomic E-state index is 10.7. The van der Waals surface area contributed by atoms with Crippen LogP contribution in [0.2, 0.25) is 0 Å². The van der Waals surface area contributed by atoms with Crippen LogP contribution in [0.4, 0.5) is 0 Å². The fourth-order valence-corrected chi connectivity index (χ4v) is 1.13. The number of carbonyl (C=O) groups excluding carboxylic acids is 1. The molecule has 1 rings (SSSR count). The van der Waals surface area contributed by atoms with Crippen LogP contribution in [0.5, 0.6) is 0 Å². The van der Waals surface area contributed by atoms with Gasteiger partial charge in [0.15, 0.2) is 0 Å². The molecule has 0 aromatic rings. The van der Waals surface area contributed by atoms with Gasteiger partial charge in [-0.3, -0.25) is 0 Å². The van der Waals surface area contributed by atoms with E-state index in [0.717, 1.165) is 12.8 Å². The van der Waals surface area contributed by atoms with Gasteiger partial charge in [-0.2, -0.15) is 0 Å². The maximum absolute atomic E-state index is 10.7. The number of carbonyl (C=O) groups is 1. The average Bonchev–Trinajstić information content (AvgIpc) is 2.16. The monoisotopic (exact) mass is 178 g/mol. The molecule has 0 spiro atoms. The van der Waals surface area contributed by atoms with E-state index in [0.29, 0.717) is 6.61 Å². The van der Waals surface area contributed by atoms with Crippen LogP contribution >= 0.6 is 0 Å². The highest BCUT2D eigenvalue weighted by molar-refractivity contribution is 5.81. The van der Waals surface area contributed by atoms with E-state index in [1.54, 1.807) is 0 Å². The lowest BCUT2D eigenvalue weighted by Gasteiger charge is -2.11. The molecular weight excluding hydrogens is 164 g/mol. The van der Waals surface area contributed by atoms with Crippen LogP contribution in [-0.4, -0.2) is 12.6 Å². The fourth-order valence-electron chi connectivity index (χ4n) is 1.13. The topological polar surface area (TPSA) is 26.3 Å². The maximum Gasteiger partial charge on any atom is 0.330 e. The molecule has 1 aliphatic carbocycles. The van der Waals surface area contributed by atoms with Crippen molar-refractivity contribution in [2.24, 2.45) is 0 Å². The first kappa shape index (κ1) is 9.78. The van der Waals surface area contributed by atoms with Gasteiger partial charge in [0.25, 0.3) is 0 Å². The summed E-state index contributed by atoms with van der Waals surface area (Å²) in [5.74, 6) is -0.354. The van der Waals surface area contributed by atoms with Gasteiger partial charge in [0.1, 0.15) is 6.61 Å². The zero-order valence-corrected chi connectivity index (χ0v) is 7.88. The van der Waals surface area contributed by atoms with Crippen molar-refractivity contribution in [2.45, 2.75) is 19.8 Å². The smallest absolute Gasteiger partial charge is 0.330 e. The molecule has 13 heavy (non-hydrogen) atoms. The normalized spacial score (nSPS) is 15.8. The molecule has 0 fully saturated rings. The number of rotatable bonds is 3. The third-order valence-electron chi connectivity index (χ3n) is 2.01. The zero-order chi connectivity index (χ0) is 9.68. The van der Waals surface area contributed by atoms with Gasteiger partial charge in [0.2, 0.25) is 0 Å². The van der Waals surface area contributed by atoms with E-state index in [4.69, 9.17) is 4.74 Å². The second-order valence-electron chi connectivity index (χ2n) is 3.15. The van der Waals surface area contributed by atoms with Gasteiger partial charge in [-0.15, -0.1) is 0 Å². The number of esters is 1. The van der Waals surface area contributed by atoms with Crippen molar-refractivity contribution in [3.63, 3.8) is 0 Å². The predicted molar refractivity (Wildman–Crippen MR) is 52.2 cm³/mol. The molecular formula is C11H14O2. The van der Waals surface area contributed by atoms with Crippen LogP contribution in [0.1, 0.15) is 19.8 Å². The highest BCUT2D eigenvalue weighted by Gasteiger charge is 2.04. The van der Waals surface area contributed by atoms with Gasteiger partial charge in [-0.05, 0) is 25.3 Å². The van der Waals surface area contributed by atoms with Gasteiger partial charge < -0.3 is 4.74 Å². The summed E-state index contributed by atoms with van der Waals surface area (Å²) in [6.45, 7) is 5.83. The van der Waals surface area contributed by atoms with Gasteiger partial charge in [0, 0.05) is 6.08 Å². The second kappa shape index (κ2) is 4.65. The molecule has 0 aromatic heterocycles. The van der Waals surface area contributed by atoms with E-state index < -0.39 is 0 Å². The van der Waals surface area contributed by atoms with E-state index in [-0.39, 0.29) is 5.97 Å². The van der Waals surface area contributed by atoms with Gasteiger partial charge >= 0.3 is 5.97 Å². The fraction of sp³-hybridized carbons (Fsp3) is 0.364. The Labute approximate surface area is 78.6 Å². The Hall–Kier alpha value is -1.31. The Morgan fingerprint density at radius 3 is 2.92 bits per heavy atom. The van der Waals surface area contributed by atoms with Gasteiger partial charge in [0.05, 0.1) is 0 Å². The second-order valence-corrected chi connectivity index (χ2v) is 3.15. The van der Waals surface area contributed by atoms with E-state index in [1.165, 1.54) is 17.2 Å². The first-order valence-electron chi connectivity index (χ1n) is 4.37. The van der Waals surface area contributed by atoms with Gasteiger partial charge in [-0.25, -0.2) is 4.79 Å². The summed E-state index contributed by atoms with van der Waals surface area (Å²) in [6.07, 6.45) is 7.34. The Morgan fingerprint density at radius 2 is 2.38 bits per heavy atom. The Kier molecular flexibility index (Phi) is 3.50. The summed E-state index contributed by atoms with van der Waals surface area (Å²) >= 11 is 0. The third kappa shape index (κ3) is 3.28. The minimum atomic E-state index is -0.354. The number of hydrogen-bond acceptors (Lipinski definition) is 2. The van der Waals surface area contributed by atoms with Crippen LogP contribution in [-0.2, 0) is 9.53 Å². The quantitative estimate of drug-likeness (QED) is 0.490. The predicted octanol–water partition coefficient (Wildman–Crippen LogP) is 2.38. The van der Waals surface area contributed by atoms with E-state index in [1.807, 2.05) is 6.08 Å². The molecule has 0 saturated heterocycles. The molecule has 0 amide bonds. The minimum Gasteiger partial charge on any atom is -0.458 e. The van der Waals surface area contributed by atoms with E-state index >= 15 is 0 Å². The zero-order valence-electron chi connectivity index (χ0n) is 7.88. The van der Waals surface area contributed by atoms with Crippen molar-refractivity contribution >= 4 is 5.97 Å². The van der Waals surface area contributed by atoms with Crippen molar-refractivity contribution in [1.82, 2.24) is 0 Å². The molecule has 0 bridgehead atoms. The molecule has 2 heteroatoms. The van der Waals surface area contributed by atoms with Crippen LogP contribution in [0, 0.1) is 0 Å². The molecule has 0 unspecified atom stereocenters. The minimum absolute atomic E-state index is 0.354. The SMILES string of the molecule is C=CC(=O)OCC1=CC=C(C)CC1. The number of ether oxygens (including phenoxy) is 1. The summed E-state index contributed by atoms with van der Waals surface area (Å²) in [6, 6.07) is 0. The molecule has 70 valence electrons. The summed E-state index contributed by atoms with van der Waals surface area (Å²) in [5, 5.41) is 0. The Morgan fingerprint density at radius 1 is 1.62 bits per heavy atom. The molecule has 0 heterocycles. The van der Waals surface area contributed by atoms with Crippen LogP contribution in [0.3, 0.4) is 0 Å². The number of hydrogen-bond donors (Lipinski definition) is 0. The van der Waals surface area contributed by atoms with Crippen LogP contribution in [0.25, 0.3) is 0 Å². The van der Waals surface area contributed by atoms with Crippen molar-refractivity contribution in [3.8, 4) is 0 Å². The van der Waals surface area contributed by atoms with Crippen molar-refractivity contribution in [2.75, 3.05) is 6.61 Å². The summed E-state index contributed by atoms with van der Waals surface area (Å²) in [4.78, 5) is 10.7. The average molecular weight is 178 g/mol. The summed E-state index contributed by atoms with van der Waals surface area (Å²) < 4.78 is 4.91. The molecule has 0 saturated carbocycles. The highest BCUT2D eigenvalue weighted by atomic mass is 16.5. The molecule has 0 N–H and O–H groups in total. The molecule has 0 aliphatic heterocycles. The largest absolute Gasteiger partial charge is 0.458 e. The first-order chi connectivity index (χ1) is 6.22. The summed E-state index contributed by atoms with van der Waals surface area (Å²) in [5.41, 5.74) is 2.54. The van der Waals surface area contributed by atoms with E-state index in [2.05, 4.69) is 19.6 Å². The molecule has 0 atom stereocenters. The van der Waals surface area contributed by atoms with Crippen molar-refractivity contribution in [3.05, 3.63) is 36.0 Å². The summed E-state index contributed by atoms with van der Waals surface area (Å²) in [7, 11) is 0. The van der Waals surface area contributed by atoms with Crippen LogP contribution in [0.15, 0.2) is 36.0 Å². The number of allylic oxidation sites excluding steroid dienone is 3. The van der Waals surface area contributed by atoms with Crippen molar-refractivity contribution in [1.29, 1.82) is 0 Å². The lowest BCUT2D eigenvalue weighted by atomic mass is 10.0. The highest BCUT2D eigenvalue weighted by Crippen LogP contribution is 2.17. The molecule has 1 aliphatic rings. The third-order valence-corrected chi connectivity index (χ3v) is 2.01. The Balaban J connectivity index is 2.38. The molecule has 0 radical (unpaired) electrons. The Bertz CT molecular complexity index is 272. The van der Waals surface area contributed by atoms with Gasteiger partial charge in [-0.1, -0.05) is 24.3 Å².